The first kappa shape index (κ1) is 23.4. The van der Waals surface area contributed by atoms with Crippen LogP contribution in [-0.2, 0) is 4.79 Å². The van der Waals surface area contributed by atoms with Gasteiger partial charge in [-0.3, -0.25) is 9.69 Å². The van der Waals surface area contributed by atoms with Crippen LogP contribution in [0, 0.1) is 19.7 Å². The summed E-state index contributed by atoms with van der Waals surface area (Å²) in [5.74, 6) is 0.121. The molecule has 1 atom stereocenters. The van der Waals surface area contributed by atoms with Gasteiger partial charge in [0.1, 0.15) is 5.82 Å². The minimum Gasteiger partial charge on any atom is -0.447 e. The van der Waals surface area contributed by atoms with Crippen LogP contribution < -0.4 is 9.64 Å². The maximum Gasteiger partial charge on any atom is 0.247 e. The van der Waals surface area contributed by atoms with Gasteiger partial charge in [-0.05, 0) is 44.0 Å². The minimum atomic E-state index is -1.16. The summed E-state index contributed by atoms with van der Waals surface area (Å²) in [5.41, 5.74) is 3.48. The van der Waals surface area contributed by atoms with E-state index in [1.54, 1.807) is 6.07 Å². The van der Waals surface area contributed by atoms with Crippen molar-refractivity contribution in [3.8, 4) is 17.1 Å². The fourth-order valence-electron chi connectivity index (χ4n) is 3.91. The molecule has 0 spiro atoms. The molecule has 0 aliphatic carbocycles. The molecule has 0 fully saturated rings. The summed E-state index contributed by atoms with van der Waals surface area (Å²) in [7, 11) is 0. The van der Waals surface area contributed by atoms with E-state index in [1.807, 2.05) is 26.0 Å². The van der Waals surface area contributed by atoms with Crippen LogP contribution in [0.2, 0.25) is 5.02 Å². The maximum absolute atomic E-state index is 15.1. The quantitative estimate of drug-likeness (QED) is 0.312. The Morgan fingerprint density at radius 2 is 2.06 bits per heavy atom. The summed E-state index contributed by atoms with van der Waals surface area (Å²) in [6.45, 7) is 7.37. The molecule has 3 aromatic rings. The van der Waals surface area contributed by atoms with Crippen LogP contribution in [-0.4, -0.2) is 26.8 Å². The fraction of sp³-hybridized carbons (Fsp3) is 0.333. The third kappa shape index (κ3) is 4.54. The number of aromatic nitrogens is 3. The zero-order chi connectivity index (χ0) is 23.7. The molecule has 0 unspecified atom stereocenters. The molecule has 1 aliphatic heterocycles. The van der Waals surface area contributed by atoms with Gasteiger partial charge in [-0.25, -0.2) is 4.39 Å². The third-order valence-corrected chi connectivity index (χ3v) is 6.60. The van der Waals surface area contributed by atoms with Crippen LogP contribution in [0.1, 0.15) is 49.6 Å². The Labute approximate surface area is 201 Å². The van der Waals surface area contributed by atoms with E-state index >= 15 is 4.39 Å². The molecule has 33 heavy (non-hydrogen) atoms. The number of hydrogen-bond donors (Lipinski definition) is 0. The molecule has 0 bridgehead atoms. The van der Waals surface area contributed by atoms with E-state index in [2.05, 4.69) is 22.1 Å². The van der Waals surface area contributed by atoms with Crippen LogP contribution in [0.3, 0.4) is 0 Å². The first-order chi connectivity index (χ1) is 15.8. The lowest BCUT2D eigenvalue weighted by molar-refractivity contribution is -0.118. The Balaban J connectivity index is 1.97. The second-order valence-corrected chi connectivity index (χ2v) is 9.39. The maximum atomic E-state index is 15.1. The number of nitrogens with zero attached hydrogens (tertiary/aromatic N) is 4. The number of ether oxygens (including phenoxy) is 1. The normalized spacial score (nSPS) is 14.8. The number of rotatable bonds is 5. The molecule has 9 heteroatoms. The van der Waals surface area contributed by atoms with Gasteiger partial charge < -0.3 is 4.74 Å². The molecule has 2 heterocycles. The lowest BCUT2D eigenvalue weighted by atomic mass is 10.00. The predicted molar refractivity (Wildman–Crippen MR) is 128 cm³/mol. The Morgan fingerprint density at radius 1 is 1.27 bits per heavy atom. The smallest absolute Gasteiger partial charge is 0.247 e. The second kappa shape index (κ2) is 9.65. The van der Waals surface area contributed by atoms with Crippen LogP contribution in [0.4, 0.5) is 10.1 Å². The van der Waals surface area contributed by atoms with E-state index in [4.69, 9.17) is 16.3 Å². The number of anilines is 1. The molecule has 1 aliphatic rings. The van der Waals surface area contributed by atoms with E-state index < -0.39 is 12.0 Å². The molecule has 0 radical (unpaired) electrons. The lowest BCUT2D eigenvalue weighted by Gasteiger charge is -2.31. The number of thioether (sulfide) groups is 1. The van der Waals surface area contributed by atoms with Crippen LogP contribution in [0.5, 0.6) is 5.88 Å². The van der Waals surface area contributed by atoms with Gasteiger partial charge in [-0.1, -0.05) is 54.4 Å². The number of fused-ring (bicyclic) bond motifs is 3. The first-order valence-electron chi connectivity index (χ1n) is 10.7. The molecule has 0 saturated heterocycles. The second-order valence-electron chi connectivity index (χ2n) is 7.92. The molecule has 1 aromatic heterocycles. The zero-order valence-corrected chi connectivity index (χ0v) is 20.4. The standard InChI is InChI=1S/C24H24ClFN4O2S/c1-5-6-10-33-24-27-22-20(28-29-24)16-12-13(2)11-14(3)21(16)30(15(4)31)23(32-22)19-17(25)8-7-9-18(19)26/h7-9,11-12,23H,5-6,10H2,1-4H3/t23-/m1/s1. The summed E-state index contributed by atoms with van der Waals surface area (Å²) < 4.78 is 21.3. The predicted octanol–water partition coefficient (Wildman–Crippen LogP) is 6.28. The van der Waals surface area contributed by atoms with Crippen molar-refractivity contribution in [2.75, 3.05) is 10.7 Å². The lowest BCUT2D eigenvalue weighted by Crippen LogP contribution is -2.37. The number of hydrogen-bond acceptors (Lipinski definition) is 6. The number of aryl methyl sites for hydroxylation is 2. The highest BCUT2D eigenvalue weighted by molar-refractivity contribution is 7.99. The van der Waals surface area contributed by atoms with Crippen molar-refractivity contribution in [1.82, 2.24) is 15.2 Å². The van der Waals surface area contributed by atoms with Crippen LogP contribution >= 0.6 is 23.4 Å². The number of carbonyl (C=O) groups excluding carboxylic acids is 1. The van der Waals surface area contributed by atoms with Crippen LogP contribution in [0.15, 0.2) is 35.5 Å². The summed E-state index contributed by atoms with van der Waals surface area (Å²) >= 11 is 7.89. The van der Waals surface area contributed by atoms with Gasteiger partial charge in [-0.2, -0.15) is 4.98 Å². The van der Waals surface area contributed by atoms with Gasteiger partial charge in [0.15, 0.2) is 5.69 Å². The molecular weight excluding hydrogens is 463 g/mol. The number of unbranched alkanes of at least 4 members (excludes halogenated alkanes) is 1. The summed E-state index contributed by atoms with van der Waals surface area (Å²) in [5, 5.41) is 9.32. The molecule has 0 N–H and O–H groups in total. The summed E-state index contributed by atoms with van der Waals surface area (Å²) in [6, 6.07) is 8.24. The van der Waals surface area contributed by atoms with Crippen molar-refractivity contribution in [3.63, 3.8) is 0 Å². The van der Waals surface area contributed by atoms with E-state index in [-0.39, 0.29) is 22.4 Å². The highest BCUT2D eigenvalue weighted by Crippen LogP contribution is 2.46. The number of benzene rings is 2. The van der Waals surface area contributed by atoms with E-state index in [9.17, 15) is 4.79 Å². The summed E-state index contributed by atoms with van der Waals surface area (Å²) in [4.78, 5) is 19.0. The summed E-state index contributed by atoms with van der Waals surface area (Å²) in [6.07, 6.45) is 0.899. The number of amides is 1. The average molecular weight is 487 g/mol. The molecule has 1 amide bonds. The third-order valence-electron chi connectivity index (χ3n) is 5.35. The largest absolute Gasteiger partial charge is 0.447 e. The van der Waals surface area contributed by atoms with Crippen molar-refractivity contribution >= 4 is 35.0 Å². The number of halogens is 2. The monoisotopic (exact) mass is 486 g/mol. The average Bonchev–Trinajstić information content (AvgIpc) is 2.88. The van der Waals surface area contributed by atoms with Gasteiger partial charge in [0.05, 0.1) is 16.3 Å². The topological polar surface area (TPSA) is 68.2 Å². The Kier molecular flexibility index (Phi) is 6.86. The van der Waals surface area contributed by atoms with Gasteiger partial charge >= 0.3 is 0 Å². The molecule has 4 rings (SSSR count). The van der Waals surface area contributed by atoms with Gasteiger partial charge in [0.2, 0.25) is 23.2 Å². The SMILES string of the molecule is CCCCSc1nnc2c(n1)O[C@H](c1c(F)cccc1Cl)N(C(C)=O)c1c(C)cc(C)cc1-2. The molecule has 0 saturated carbocycles. The molecule has 2 aromatic carbocycles. The van der Waals surface area contributed by atoms with Crippen LogP contribution in [0.25, 0.3) is 11.3 Å². The first-order valence-corrected chi connectivity index (χ1v) is 12.1. The van der Waals surface area contributed by atoms with E-state index in [0.717, 1.165) is 29.7 Å². The van der Waals surface area contributed by atoms with Crippen molar-refractivity contribution in [3.05, 3.63) is 57.9 Å². The molecular formula is C24H24ClFN4O2S. The van der Waals surface area contributed by atoms with Crippen molar-refractivity contribution in [2.24, 2.45) is 0 Å². The fourth-order valence-corrected chi connectivity index (χ4v) is 5.03. The molecule has 172 valence electrons. The highest BCUT2D eigenvalue weighted by atomic mass is 35.5. The van der Waals surface area contributed by atoms with Gasteiger partial charge in [0, 0.05) is 18.2 Å². The van der Waals surface area contributed by atoms with Gasteiger partial charge in [0.25, 0.3) is 0 Å². The van der Waals surface area contributed by atoms with Crippen molar-refractivity contribution in [2.45, 2.75) is 51.9 Å². The highest BCUT2D eigenvalue weighted by Gasteiger charge is 2.38. The zero-order valence-electron chi connectivity index (χ0n) is 18.9. The van der Waals surface area contributed by atoms with Crippen molar-refractivity contribution < 1.29 is 13.9 Å². The van der Waals surface area contributed by atoms with E-state index in [1.165, 1.54) is 35.7 Å². The van der Waals surface area contributed by atoms with Crippen molar-refractivity contribution in [1.29, 1.82) is 0 Å². The minimum absolute atomic E-state index is 0.0620. The Bertz CT molecular complexity index is 1200. The number of carbonyl (C=O) groups is 1. The Hall–Kier alpha value is -2.71. The Morgan fingerprint density at radius 3 is 2.76 bits per heavy atom. The van der Waals surface area contributed by atoms with E-state index in [0.29, 0.717) is 22.1 Å². The van der Waals surface area contributed by atoms with Gasteiger partial charge in [-0.15, -0.1) is 10.2 Å². The molecule has 6 nitrogen and oxygen atoms in total.